The Bertz CT molecular complexity index is 721. The molecule has 10 heteroatoms. The molecule has 10 nitrogen and oxygen atoms in total. The van der Waals surface area contributed by atoms with Gasteiger partial charge in [-0.25, -0.2) is 14.3 Å². The molecule has 0 saturated heterocycles. The number of carboxylic acid groups (broad SMARTS) is 2. The minimum Gasteiger partial charge on any atom is -0.476 e. The van der Waals surface area contributed by atoms with Gasteiger partial charge in [-0.2, -0.15) is 0 Å². The smallest absolute Gasteiger partial charge is 0.359 e. The van der Waals surface area contributed by atoms with E-state index in [0.717, 1.165) is 4.68 Å². The van der Waals surface area contributed by atoms with E-state index in [4.69, 9.17) is 10.2 Å². The highest BCUT2D eigenvalue weighted by molar-refractivity contribution is 5.98. The van der Waals surface area contributed by atoms with Crippen molar-refractivity contribution in [3.63, 3.8) is 0 Å². The minimum absolute atomic E-state index is 0.0695. The standard InChI is InChI=1S/C11H8N4O6/c16-10(17)8-9(11(18)19)14(13-12-8)5-6-1-3-7(4-2-6)15(20)21/h1-4H,5H2,(H,16,17)(H,18,19). The van der Waals surface area contributed by atoms with E-state index < -0.39 is 28.2 Å². The number of nitrogens with zero attached hydrogens (tertiary/aromatic N) is 4. The van der Waals surface area contributed by atoms with Gasteiger partial charge in [-0.05, 0) is 5.56 Å². The van der Waals surface area contributed by atoms with Crippen molar-refractivity contribution in [2.24, 2.45) is 0 Å². The maximum absolute atomic E-state index is 11.1. The van der Waals surface area contributed by atoms with Crippen molar-refractivity contribution in [1.82, 2.24) is 15.0 Å². The molecule has 0 aliphatic carbocycles. The second kappa shape index (κ2) is 5.36. The Morgan fingerprint density at radius 1 is 1.19 bits per heavy atom. The summed E-state index contributed by atoms with van der Waals surface area (Å²) in [5, 5.41) is 35.2. The molecule has 1 aromatic carbocycles. The summed E-state index contributed by atoms with van der Waals surface area (Å²) in [6.07, 6.45) is 0. The first-order valence-electron chi connectivity index (χ1n) is 5.53. The van der Waals surface area contributed by atoms with Crippen LogP contribution in [0, 0.1) is 10.1 Å². The third-order valence-corrected chi connectivity index (χ3v) is 2.62. The molecule has 0 atom stereocenters. The second-order valence-electron chi connectivity index (χ2n) is 3.98. The lowest BCUT2D eigenvalue weighted by Crippen LogP contribution is -2.14. The zero-order valence-corrected chi connectivity index (χ0v) is 10.3. The van der Waals surface area contributed by atoms with E-state index in [9.17, 15) is 19.7 Å². The maximum Gasteiger partial charge on any atom is 0.359 e. The van der Waals surface area contributed by atoms with Gasteiger partial charge >= 0.3 is 11.9 Å². The van der Waals surface area contributed by atoms with E-state index in [1.165, 1.54) is 24.3 Å². The lowest BCUT2D eigenvalue weighted by atomic mass is 10.2. The molecular weight excluding hydrogens is 284 g/mol. The topological polar surface area (TPSA) is 148 Å². The second-order valence-corrected chi connectivity index (χ2v) is 3.98. The average molecular weight is 292 g/mol. The molecule has 1 aromatic heterocycles. The van der Waals surface area contributed by atoms with Crippen LogP contribution in [0.15, 0.2) is 24.3 Å². The van der Waals surface area contributed by atoms with Crippen LogP contribution in [0.3, 0.4) is 0 Å². The molecule has 2 N–H and O–H groups in total. The molecule has 2 aromatic rings. The fourth-order valence-corrected chi connectivity index (χ4v) is 1.68. The number of hydrogen-bond acceptors (Lipinski definition) is 6. The average Bonchev–Trinajstić information content (AvgIpc) is 2.83. The molecule has 0 saturated carbocycles. The van der Waals surface area contributed by atoms with Crippen molar-refractivity contribution in [2.75, 3.05) is 0 Å². The van der Waals surface area contributed by atoms with Crippen LogP contribution in [0.4, 0.5) is 5.69 Å². The van der Waals surface area contributed by atoms with E-state index in [-0.39, 0.29) is 12.2 Å². The number of nitro groups is 1. The highest BCUT2D eigenvalue weighted by Crippen LogP contribution is 2.14. The zero-order chi connectivity index (χ0) is 15.6. The summed E-state index contributed by atoms with van der Waals surface area (Å²) in [6, 6.07) is 5.35. The number of hydrogen-bond donors (Lipinski definition) is 2. The van der Waals surface area contributed by atoms with Crippen LogP contribution in [0.2, 0.25) is 0 Å². The Morgan fingerprint density at radius 2 is 1.81 bits per heavy atom. The van der Waals surface area contributed by atoms with E-state index >= 15 is 0 Å². The van der Waals surface area contributed by atoms with Crippen molar-refractivity contribution in [3.8, 4) is 0 Å². The van der Waals surface area contributed by atoms with Gasteiger partial charge in [0.05, 0.1) is 11.5 Å². The van der Waals surface area contributed by atoms with Gasteiger partial charge in [0.25, 0.3) is 5.69 Å². The normalized spacial score (nSPS) is 10.3. The van der Waals surface area contributed by atoms with Crippen LogP contribution in [0.1, 0.15) is 26.5 Å². The largest absolute Gasteiger partial charge is 0.476 e. The number of rotatable bonds is 5. The van der Waals surface area contributed by atoms with E-state index in [0.29, 0.717) is 5.56 Å². The summed E-state index contributed by atoms with van der Waals surface area (Å²) in [4.78, 5) is 31.9. The Hall–Kier alpha value is -3.30. The van der Waals surface area contributed by atoms with Gasteiger partial charge in [0.2, 0.25) is 5.69 Å². The molecule has 21 heavy (non-hydrogen) atoms. The quantitative estimate of drug-likeness (QED) is 0.602. The van der Waals surface area contributed by atoms with Crippen LogP contribution in [0.5, 0.6) is 0 Å². The first-order chi connectivity index (χ1) is 9.90. The maximum atomic E-state index is 11.1. The predicted octanol–water partition coefficient (Wildman–Crippen LogP) is 0.631. The molecule has 0 amide bonds. The Kier molecular flexibility index (Phi) is 3.61. The van der Waals surface area contributed by atoms with Crippen molar-refractivity contribution in [3.05, 3.63) is 51.3 Å². The number of benzene rings is 1. The van der Waals surface area contributed by atoms with E-state index in [2.05, 4.69) is 10.3 Å². The van der Waals surface area contributed by atoms with Crippen LogP contribution < -0.4 is 0 Å². The lowest BCUT2D eigenvalue weighted by Gasteiger charge is -2.03. The minimum atomic E-state index is -1.50. The number of carboxylic acids is 2. The number of aromatic carboxylic acids is 2. The lowest BCUT2D eigenvalue weighted by molar-refractivity contribution is -0.384. The van der Waals surface area contributed by atoms with Gasteiger partial charge in [0, 0.05) is 12.1 Å². The summed E-state index contributed by atoms with van der Waals surface area (Å²) in [7, 11) is 0. The van der Waals surface area contributed by atoms with Gasteiger partial charge in [-0.3, -0.25) is 10.1 Å². The molecule has 2 rings (SSSR count). The number of carbonyl (C=O) groups is 2. The van der Waals surface area contributed by atoms with Crippen LogP contribution in [-0.2, 0) is 6.54 Å². The fraction of sp³-hybridized carbons (Fsp3) is 0.0909. The monoisotopic (exact) mass is 292 g/mol. The molecule has 0 fully saturated rings. The van der Waals surface area contributed by atoms with E-state index in [1.807, 2.05) is 0 Å². The predicted molar refractivity (Wildman–Crippen MR) is 66.1 cm³/mol. The first kappa shape index (κ1) is 14.1. The number of aromatic nitrogens is 3. The van der Waals surface area contributed by atoms with Crippen molar-refractivity contribution >= 4 is 17.6 Å². The molecular formula is C11H8N4O6. The Labute approximate surface area is 116 Å². The van der Waals surface area contributed by atoms with Gasteiger partial charge in [0.15, 0.2) is 5.69 Å². The van der Waals surface area contributed by atoms with Gasteiger partial charge in [0.1, 0.15) is 0 Å². The molecule has 0 bridgehead atoms. The SMILES string of the molecule is O=C(O)c1nnn(Cc2ccc([N+](=O)[O-])cc2)c1C(=O)O. The third kappa shape index (κ3) is 2.83. The fourth-order valence-electron chi connectivity index (χ4n) is 1.68. The molecule has 0 unspecified atom stereocenters. The number of nitro benzene ring substituents is 1. The van der Waals surface area contributed by atoms with Crippen LogP contribution >= 0.6 is 0 Å². The van der Waals surface area contributed by atoms with Gasteiger partial charge in [-0.1, -0.05) is 17.3 Å². The summed E-state index contributed by atoms with van der Waals surface area (Å²) < 4.78 is 0.910. The summed E-state index contributed by atoms with van der Waals surface area (Å²) in [5.74, 6) is -2.97. The van der Waals surface area contributed by atoms with Crippen molar-refractivity contribution in [1.29, 1.82) is 0 Å². The summed E-state index contributed by atoms with van der Waals surface area (Å²) in [5.41, 5.74) is -0.808. The van der Waals surface area contributed by atoms with Gasteiger partial charge in [-0.15, -0.1) is 5.10 Å². The zero-order valence-electron chi connectivity index (χ0n) is 10.3. The molecule has 0 aliphatic rings. The number of non-ortho nitro benzene ring substituents is 1. The molecule has 0 radical (unpaired) electrons. The Balaban J connectivity index is 2.33. The van der Waals surface area contributed by atoms with Crippen LogP contribution in [0.25, 0.3) is 0 Å². The summed E-state index contributed by atoms with van der Waals surface area (Å²) >= 11 is 0. The van der Waals surface area contributed by atoms with Crippen LogP contribution in [-0.4, -0.2) is 42.1 Å². The summed E-state index contributed by atoms with van der Waals surface area (Å²) in [6.45, 7) is -0.0695. The molecule has 0 spiro atoms. The third-order valence-electron chi connectivity index (χ3n) is 2.62. The Morgan fingerprint density at radius 3 is 2.29 bits per heavy atom. The molecule has 108 valence electrons. The highest BCUT2D eigenvalue weighted by Gasteiger charge is 2.24. The van der Waals surface area contributed by atoms with Crippen molar-refractivity contribution in [2.45, 2.75) is 6.54 Å². The van der Waals surface area contributed by atoms with Crippen molar-refractivity contribution < 1.29 is 24.7 Å². The molecule has 1 heterocycles. The van der Waals surface area contributed by atoms with Gasteiger partial charge < -0.3 is 10.2 Å². The molecule has 0 aliphatic heterocycles. The first-order valence-corrected chi connectivity index (χ1v) is 5.53. The van der Waals surface area contributed by atoms with E-state index in [1.54, 1.807) is 0 Å². The highest BCUT2D eigenvalue weighted by atomic mass is 16.6.